The van der Waals surface area contributed by atoms with Crippen LogP contribution in [0.5, 0.6) is 11.5 Å². The van der Waals surface area contributed by atoms with Crippen molar-refractivity contribution in [3.8, 4) is 11.5 Å². The fourth-order valence-corrected chi connectivity index (χ4v) is 2.80. The van der Waals surface area contributed by atoms with Crippen molar-refractivity contribution in [2.75, 3.05) is 7.11 Å². The molecule has 0 spiro atoms. The van der Waals surface area contributed by atoms with Crippen LogP contribution in [0.2, 0.25) is 0 Å². The van der Waals surface area contributed by atoms with Gasteiger partial charge in [-0.2, -0.15) is 0 Å². The lowest BCUT2D eigenvalue weighted by Crippen LogP contribution is -2.37. The second kappa shape index (κ2) is 7.01. The van der Waals surface area contributed by atoms with Gasteiger partial charge in [0.25, 0.3) is 0 Å². The number of hydrogen-bond donors (Lipinski definition) is 2. The Labute approximate surface area is 131 Å². The first-order valence-corrected chi connectivity index (χ1v) is 7.73. The number of benzene rings is 1. The van der Waals surface area contributed by atoms with Gasteiger partial charge < -0.3 is 19.9 Å². The minimum absolute atomic E-state index is 0.145. The summed E-state index contributed by atoms with van der Waals surface area (Å²) in [6, 6.07) is 3.35. The van der Waals surface area contributed by atoms with E-state index < -0.39 is 12.0 Å². The van der Waals surface area contributed by atoms with Crippen LogP contribution >= 0.6 is 0 Å². The van der Waals surface area contributed by atoms with E-state index in [2.05, 4.69) is 5.32 Å². The van der Waals surface area contributed by atoms with E-state index in [1.807, 2.05) is 32.9 Å². The number of carboxylic acid groups (broad SMARTS) is 1. The molecule has 122 valence electrons. The van der Waals surface area contributed by atoms with Gasteiger partial charge in [0.1, 0.15) is 23.6 Å². The van der Waals surface area contributed by atoms with Gasteiger partial charge in [-0.25, -0.2) is 0 Å². The molecule has 1 heterocycles. The van der Waals surface area contributed by atoms with Gasteiger partial charge in [-0.3, -0.25) is 4.79 Å². The highest BCUT2D eigenvalue weighted by Gasteiger charge is 2.25. The highest BCUT2D eigenvalue weighted by atomic mass is 16.5. The number of carboxylic acids is 1. The van der Waals surface area contributed by atoms with Crippen LogP contribution in [-0.2, 0) is 17.8 Å². The Balaban J connectivity index is 2.15. The third-order valence-corrected chi connectivity index (χ3v) is 3.82. The maximum absolute atomic E-state index is 11.3. The summed E-state index contributed by atoms with van der Waals surface area (Å²) < 4.78 is 11.2. The van der Waals surface area contributed by atoms with Crippen molar-refractivity contribution in [1.82, 2.24) is 5.32 Å². The summed E-state index contributed by atoms with van der Waals surface area (Å²) in [5, 5.41) is 12.4. The minimum atomic E-state index is -0.817. The van der Waals surface area contributed by atoms with Crippen molar-refractivity contribution in [2.24, 2.45) is 5.92 Å². The Morgan fingerprint density at radius 1 is 1.50 bits per heavy atom. The summed E-state index contributed by atoms with van der Waals surface area (Å²) in [5.74, 6) is 1.15. The average molecular weight is 307 g/mol. The average Bonchev–Trinajstić information content (AvgIpc) is 2.82. The SMILES string of the molecule is COc1cc(CNC(CC(C)C)C(=O)O)c2c(c1)CC(C)O2. The first kappa shape index (κ1) is 16.6. The maximum Gasteiger partial charge on any atom is 0.320 e. The van der Waals surface area contributed by atoms with E-state index in [0.717, 1.165) is 29.0 Å². The highest BCUT2D eigenvalue weighted by molar-refractivity contribution is 5.73. The number of fused-ring (bicyclic) bond motifs is 1. The van der Waals surface area contributed by atoms with E-state index in [4.69, 9.17) is 9.47 Å². The van der Waals surface area contributed by atoms with Crippen molar-refractivity contribution in [2.45, 2.75) is 52.3 Å². The number of hydrogen-bond acceptors (Lipinski definition) is 4. The van der Waals surface area contributed by atoms with Crippen molar-refractivity contribution in [1.29, 1.82) is 0 Å². The van der Waals surface area contributed by atoms with Crippen LogP contribution in [0.1, 0.15) is 38.3 Å². The fourth-order valence-electron chi connectivity index (χ4n) is 2.80. The van der Waals surface area contributed by atoms with Crippen LogP contribution in [0.3, 0.4) is 0 Å². The normalized spacial score (nSPS) is 18.0. The largest absolute Gasteiger partial charge is 0.497 e. The standard InChI is InChI=1S/C17H25NO4/c1-10(2)5-15(17(19)20)18-9-13-8-14(21-4)7-12-6-11(3)22-16(12)13/h7-8,10-11,15,18H,5-6,9H2,1-4H3,(H,19,20). The minimum Gasteiger partial charge on any atom is -0.497 e. The van der Waals surface area contributed by atoms with Gasteiger partial charge in [0.15, 0.2) is 0 Å². The van der Waals surface area contributed by atoms with Crippen LogP contribution < -0.4 is 14.8 Å². The van der Waals surface area contributed by atoms with Crippen LogP contribution in [0.4, 0.5) is 0 Å². The van der Waals surface area contributed by atoms with Gasteiger partial charge >= 0.3 is 5.97 Å². The van der Waals surface area contributed by atoms with Crippen LogP contribution in [0.15, 0.2) is 12.1 Å². The number of rotatable bonds is 7. The Morgan fingerprint density at radius 2 is 2.23 bits per heavy atom. The van der Waals surface area contributed by atoms with Gasteiger partial charge in [0, 0.05) is 24.1 Å². The molecule has 2 unspecified atom stereocenters. The molecule has 5 nitrogen and oxygen atoms in total. The molecule has 5 heteroatoms. The zero-order chi connectivity index (χ0) is 16.3. The fraction of sp³-hybridized carbons (Fsp3) is 0.588. The number of nitrogens with one attached hydrogen (secondary N) is 1. The van der Waals surface area contributed by atoms with Gasteiger partial charge in [0.2, 0.25) is 0 Å². The molecule has 1 aliphatic rings. The Kier molecular flexibility index (Phi) is 5.29. The van der Waals surface area contributed by atoms with Crippen molar-refractivity contribution in [3.63, 3.8) is 0 Å². The third-order valence-electron chi connectivity index (χ3n) is 3.82. The molecule has 22 heavy (non-hydrogen) atoms. The molecule has 2 rings (SSSR count). The van der Waals surface area contributed by atoms with Crippen molar-refractivity contribution < 1.29 is 19.4 Å². The summed E-state index contributed by atoms with van der Waals surface area (Å²) in [7, 11) is 1.64. The van der Waals surface area contributed by atoms with Gasteiger partial charge in [0.05, 0.1) is 7.11 Å². The molecule has 0 amide bonds. The van der Waals surface area contributed by atoms with E-state index in [9.17, 15) is 9.90 Å². The van der Waals surface area contributed by atoms with Crippen LogP contribution in [0, 0.1) is 5.92 Å². The molecular weight excluding hydrogens is 282 g/mol. The number of methoxy groups -OCH3 is 1. The smallest absolute Gasteiger partial charge is 0.320 e. The lowest BCUT2D eigenvalue weighted by Gasteiger charge is -2.18. The summed E-state index contributed by atoms with van der Waals surface area (Å²) >= 11 is 0. The Bertz CT molecular complexity index is 542. The lowest BCUT2D eigenvalue weighted by atomic mass is 10.0. The number of carbonyl (C=O) groups is 1. The predicted octanol–water partition coefficient (Wildman–Crippen LogP) is 2.61. The van der Waals surface area contributed by atoms with Gasteiger partial charge in [-0.1, -0.05) is 13.8 Å². The monoisotopic (exact) mass is 307 g/mol. The number of aliphatic carboxylic acids is 1. The van der Waals surface area contributed by atoms with E-state index in [1.165, 1.54) is 0 Å². The molecule has 1 aliphatic heterocycles. The number of ether oxygens (including phenoxy) is 2. The molecule has 2 N–H and O–H groups in total. The lowest BCUT2D eigenvalue weighted by molar-refractivity contribution is -0.140. The highest BCUT2D eigenvalue weighted by Crippen LogP contribution is 2.36. The van der Waals surface area contributed by atoms with E-state index in [-0.39, 0.29) is 6.10 Å². The predicted molar refractivity (Wildman–Crippen MR) is 84.5 cm³/mol. The van der Waals surface area contributed by atoms with Gasteiger partial charge in [-0.05, 0) is 31.4 Å². The maximum atomic E-state index is 11.3. The quantitative estimate of drug-likeness (QED) is 0.810. The van der Waals surface area contributed by atoms with Crippen molar-refractivity contribution >= 4 is 5.97 Å². The molecule has 0 saturated heterocycles. The van der Waals surface area contributed by atoms with Crippen molar-refractivity contribution in [3.05, 3.63) is 23.3 Å². The molecule has 0 radical (unpaired) electrons. The molecular formula is C17H25NO4. The first-order chi connectivity index (χ1) is 10.4. The molecule has 1 aromatic rings. The zero-order valence-corrected chi connectivity index (χ0v) is 13.7. The van der Waals surface area contributed by atoms with E-state index >= 15 is 0 Å². The zero-order valence-electron chi connectivity index (χ0n) is 13.7. The van der Waals surface area contributed by atoms with E-state index in [0.29, 0.717) is 18.9 Å². The molecule has 0 bridgehead atoms. The molecule has 1 aromatic carbocycles. The third kappa shape index (κ3) is 3.91. The summed E-state index contributed by atoms with van der Waals surface area (Å²) in [5.41, 5.74) is 2.08. The molecule has 2 atom stereocenters. The topological polar surface area (TPSA) is 67.8 Å². The molecule has 0 aromatic heterocycles. The Morgan fingerprint density at radius 3 is 2.82 bits per heavy atom. The second-order valence-corrected chi connectivity index (χ2v) is 6.31. The summed E-state index contributed by atoms with van der Waals surface area (Å²) in [6.07, 6.45) is 1.60. The van der Waals surface area contributed by atoms with Gasteiger partial charge in [-0.15, -0.1) is 0 Å². The van der Waals surface area contributed by atoms with E-state index in [1.54, 1.807) is 7.11 Å². The molecule has 0 saturated carbocycles. The second-order valence-electron chi connectivity index (χ2n) is 6.31. The van der Waals surface area contributed by atoms with Crippen LogP contribution in [-0.4, -0.2) is 30.3 Å². The Hall–Kier alpha value is -1.75. The molecule has 0 fully saturated rings. The first-order valence-electron chi connectivity index (χ1n) is 7.73. The van der Waals surface area contributed by atoms with Crippen LogP contribution in [0.25, 0.3) is 0 Å². The summed E-state index contributed by atoms with van der Waals surface area (Å²) in [6.45, 7) is 6.52. The summed E-state index contributed by atoms with van der Waals surface area (Å²) in [4.78, 5) is 11.3. The molecule has 0 aliphatic carbocycles.